The molecular weight excluding hydrogens is 232 g/mol. The van der Waals surface area contributed by atoms with E-state index >= 15 is 0 Å². The normalized spacial score (nSPS) is 12.8. The van der Waals surface area contributed by atoms with E-state index in [1.54, 1.807) is 16.2 Å². The largest absolute Gasteiger partial charge is 0.345 e. The highest BCUT2D eigenvalue weighted by Crippen LogP contribution is 2.11. The SMILES string of the molecule is CC(C)[C@@H](N)CCN(C)C(=O)Cc1cccs1. The summed E-state index contributed by atoms with van der Waals surface area (Å²) in [5.74, 6) is 0.638. The molecule has 0 fully saturated rings. The van der Waals surface area contributed by atoms with Gasteiger partial charge in [-0.05, 0) is 23.8 Å². The van der Waals surface area contributed by atoms with Crippen molar-refractivity contribution in [3.63, 3.8) is 0 Å². The van der Waals surface area contributed by atoms with E-state index in [0.29, 0.717) is 12.3 Å². The summed E-state index contributed by atoms with van der Waals surface area (Å²) in [5, 5.41) is 2.00. The first-order chi connectivity index (χ1) is 8.00. The van der Waals surface area contributed by atoms with Gasteiger partial charge in [-0.2, -0.15) is 0 Å². The minimum atomic E-state index is 0.170. The monoisotopic (exact) mass is 254 g/mol. The maximum absolute atomic E-state index is 11.9. The van der Waals surface area contributed by atoms with Gasteiger partial charge in [-0.15, -0.1) is 11.3 Å². The Morgan fingerprint density at radius 1 is 1.53 bits per heavy atom. The van der Waals surface area contributed by atoms with E-state index in [-0.39, 0.29) is 11.9 Å². The summed E-state index contributed by atoms with van der Waals surface area (Å²) in [6, 6.07) is 4.14. The number of carbonyl (C=O) groups excluding carboxylic acids is 1. The molecule has 1 heterocycles. The molecule has 0 aliphatic carbocycles. The van der Waals surface area contributed by atoms with Gasteiger partial charge in [-0.25, -0.2) is 0 Å². The average molecular weight is 254 g/mol. The Balaban J connectivity index is 2.32. The Bertz CT molecular complexity index is 335. The van der Waals surface area contributed by atoms with Gasteiger partial charge < -0.3 is 10.6 Å². The van der Waals surface area contributed by atoms with Gasteiger partial charge in [-0.1, -0.05) is 19.9 Å². The van der Waals surface area contributed by atoms with Crippen molar-refractivity contribution >= 4 is 17.2 Å². The Hall–Kier alpha value is -0.870. The highest BCUT2D eigenvalue weighted by Gasteiger charge is 2.13. The Morgan fingerprint density at radius 3 is 2.76 bits per heavy atom. The lowest BCUT2D eigenvalue weighted by Gasteiger charge is -2.21. The third kappa shape index (κ3) is 4.88. The van der Waals surface area contributed by atoms with Crippen LogP contribution in [0.15, 0.2) is 17.5 Å². The van der Waals surface area contributed by atoms with E-state index in [4.69, 9.17) is 5.73 Å². The summed E-state index contributed by atoms with van der Waals surface area (Å²) in [5.41, 5.74) is 5.97. The van der Waals surface area contributed by atoms with E-state index in [1.165, 1.54) is 0 Å². The van der Waals surface area contributed by atoms with Crippen LogP contribution in [-0.2, 0) is 11.2 Å². The van der Waals surface area contributed by atoms with Gasteiger partial charge in [0.25, 0.3) is 0 Å². The number of nitrogens with two attached hydrogens (primary N) is 1. The van der Waals surface area contributed by atoms with Crippen LogP contribution >= 0.6 is 11.3 Å². The fraction of sp³-hybridized carbons (Fsp3) is 0.615. The van der Waals surface area contributed by atoms with E-state index in [0.717, 1.165) is 17.8 Å². The maximum Gasteiger partial charge on any atom is 0.227 e. The van der Waals surface area contributed by atoms with Gasteiger partial charge in [0, 0.05) is 24.5 Å². The summed E-state index contributed by atoms with van der Waals surface area (Å²) in [6.45, 7) is 4.96. The van der Waals surface area contributed by atoms with Crippen LogP contribution in [0.4, 0.5) is 0 Å². The topological polar surface area (TPSA) is 46.3 Å². The fourth-order valence-electron chi connectivity index (χ4n) is 1.50. The number of rotatable bonds is 6. The zero-order valence-corrected chi connectivity index (χ0v) is 11.7. The number of carbonyl (C=O) groups is 1. The molecule has 1 rings (SSSR count). The molecule has 1 atom stereocenters. The molecule has 17 heavy (non-hydrogen) atoms. The van der Waals surface area contributed by atoms with Crippen LogP contribution in [0.5, 0.6) is 0 Å². The lowest BCUT2D eigenvalue weighted by atomic mass is 10.0. The first kappa shape index (κ1) is 14.2. The van der Waals surface area contributed by atoms with Crippen molar-refractivity contribution in [3.8, 4) is 0 Å². The number of nitrogens with zero attached hydrogens (tertiary/aromatic N) is 1. The van der Waals surface area contributed by atoms with Gasteiger partial charge in [0.05, 0.1) is 6.42 Å². The average Bonchev–Trinajstić information content (AvgIpc) is 2.77. The highest BCUT2D eigenvalue weighted by atomic mass is 32.1. The quantitative estimate of drug-likeness (QED) is 0.845. The molecule has 0 aromatic carbocycles. The second kappa shape index (κ2) is 6.77. The summed E-state index contributed by atoms with van der Waals surface area (Å²) < 4.78 is 0. The molecule has 0 spiro atoms. The van der Waals surface area contributed by atoms with Gasteiger partial charge in [0.15, 0.2) is 0 Å². The molecule has 4 heteroatoms. The van der Waals surface area contributed by atoms with Crippen molar-refractivity contribution in [1.29, 1.82) is 0 Å². The summed E-state index contributed by atoms with van der Waals surface area (Å²) >= 11 is 1.63. The lowest BCUT2D eigenvalue weighted by Crippen LogP contribution is -2.35. The smallest absolute Gasteiger partial charge is 0.227 e. The summed E-state index contributed by atoms with van der Waals surface area (Å²) in [4.78, 5) is 14.8. The van der Waals surface area contributed by atoms with Gasteiger partial charge in [0.1, 0.15) is 0 Å². The number of hydrogen-bond donors (Lipinski definition) is 1. The molecule has 2 N–H and O–H groups in total. The third-order valence-electron chi connectivity index (χ3n) is 2.99. The molecule has 3 nitrogen and oxygen atoms in total. The molecule has 0 unspecified atom stereocenters. The molecule has 0 aliphatic rings. The van der Waals surface area contributed by atoms with Crippen molar-refractivity contribution in [2.24, 2.45) is 11.7 Å². The minimum Gasteiger partial charge on any atom is -0.345 e. The second-order valence-corrected chi connectivity index (χ2v) is 5.80. The first-order valence-corrected chi connectivity index (χ1v) is 6.90. The Morgan fingerprint density at radius 2 is 2.24 bits per heavy atom. The number of likely N-dealkylation sites (N-methyl/N-ethyl adjacent to an activating group) is 1. The Labute approximate surface area is 108 Å². The molecular formula is C13H22N2OS. The van der Waals surface area contributed by atoms with E-state index < -0.39 is 0 Å². The molecule has 0 saturated carbocycles. The van der Waals surface area contributed by atoms with E-state index in [9.17, 15) is 4.79 Å². The lowest BCUT2D eigenvalue weighted by molar-refractivity contribution is -0.129. The fourth-order valence-corrected chi connectivity index (χ4v) is 2.19. The molecule has 96 valence electrons. The molecule has 0 saturated heterocycles. The Kier molecular flexibility index (Phi) is 5.65. The van der Waals surface area contributed by atoms with Crippen molar-refractivity contribution in [1.82, 2.24) is 4.90 Å². The predicted octanol–water partition coefficient (Wildman–Crippen LogP) is 2.12. The molecule has 1 amide bonds. The van der Waals surface area contributed by atoms with Gasteiger partial charge in [0.2, 0.25) is 5.91 Å². The summed E-state index contributed by atoms with van der Waals surface area (Å²) in [7, 11) is 1.85. The van der Waals surface area contributed by atoms with Gasteiger partial charge >= 0.3 is 0 Å². The van der Waals surface area contributed by atoms with Crippen LogP contribution in [-0.4, -0.2) is 30.4 Å². The molecule has 0 radical (unpaired) electrons. The highest BCUT2D eigenvalue weighted by molar-refractivity contribution is 7.10. The van der Waals surface area contributed by atoms with Crippen molar-refractivity contribution in [2.75, 3.05) is 13.6 Å². The number of thiophene rings is 1. The molecule has 1 aromatic rings. The predicted molar refractivity (Wildman–Crippen MR) is 73.1 cm³/mol. The van der Waals surface area contributed by atoms with Crippen LogP contribution in [0, 0.1) is 5.92 Å². The maximum atomic E-state index is 11.9. The molecule has 0 aliphatic heterocycles. The van der Waals surface area contributed by atoms with Gasteiger partial charge in [-0.3, -0.25) is 4.79 Å². The number of amides is 1. The van der Waals surface area contributed by atoms with Crippen LogP contribution in [0.1, 0.15) is 25.1 Å². The molecule has 0 bridgehead atoms. The minimum absolute atomic E-state index is 0.170. The van der Waals surface area contributed by atoms with Crippen LogP contribution in [0.25, 0.3) is 0 Å². The zero-order chi connectivity index (χ0) is 12.8. The zero-order valence-electron chi connectivity index (χ0n) is 10.8. The molecule has 1 aromatic heterocycles. The van der Waals surface area contributed by atoms with Crippen LogP contribution in [0.2, 0.25) is 0 Å². The number of hydrogen-bond acceptors (Lipinski definition) is 3. The standard InChI is InChI=1S/C13H22N2OS/c1-10(2)12(14)6-7-15(3)13(16)9-11-5-4-8-17-11/h4-5,8,10,12H,6-7,9,14H2,1-3H3/t12-/m0/s1. The van der Waals surface area contributed by atoms with Crippen LogP contribution < -0.4 is 5.73 Å². The second-order valence-electron chi connectivity index (χ2n) is 4.77. The van der Waals surface area contributed by atoms with Crippen LogP contribution in [0.3, 0.4) is 0 Å². The van der Waals surface area contributed by atoms with E-state index in [1.807, 2.05) is 24.6 Å². The van der Waals surface area contributed by atoms with Crippen molar-refractivity contribution in [3.05, 3.63) is 22.4 Å². The van der Waals surface area contributed by atoms with Crippen molar-refractivity contribution < 1.29 is 4.79 Å². The first-order valence-electron chi connectivity index (χ1n) is 6.02. The third-order valence-corrected chi connectivity index (χ3v) is 3.86. The summed E-state index contributed by atoms with van der Waals surface area (Å²) in [6.07, 6.45) is 1.37. The van der Waals surface area contributed by atoms with E-state index in [2.05, 4.69) is 13.8 Å². The van der Waals surface area contributed by atoms with Crippen molar-refractivity contribution in [2.45, 2.75) is 32.7 Å².